The lowest BCUT2D eigenvalue weighted by atomic mass is 9.94. The zero-order chi connectivity index (χ0) is 43.5. The molecule has 2 atom stereocenters. The highest BCUT2D eigenvalue weighted by Crippen LogP contribution is 2.38. The van der Waals surface area contributed by atoms with Gasteiger partial charge in [0, 0.05) is 105 Å². The van der Waals surface area contributed by atoms with Crippen LogP contribution in [0.5, 0.6) is 0 Å². The number of fused-ring (bicyclic) bond motifs is 3. The molecule has 326 valence electrons. The van der Waals surface area contributed by atoms with Crippen molar-refractivity contribution in [1.82, 2.24) is 44.7 Å². The van der Waals surface area contributed by atoms with E-state index in [0.717, 1.165) is 92.1 Å². The molecular weight excluding hydrogens is 802 g/mol. The molecule has 3 saturated heterocycles. The fraction of sp³-hybridized carbons (Fsp3) is 0.447. The highest BCUT2D eigenvalue weighted by atomic mass is 19.1. The second-order valence-corrected chi connectivity index (χ2v) is 17.9. The summed E-state index contributed by atoms with van der Waals surface area (Å²) in [5.74, 6) is 1.48. The topological polar surface area (TPSA) is 162 Å². The number of hydrogen-bond acceptors (Lipinski definition) is 11. The molecule has 4 aromatic heterocycles. The first-order valence-corrected chi connectivity index (χ1v) is 22.3. The summed E-state index contributed by atoms with van der Waals surface area (Å²) in [6, 6.07) is 12.1. The number of pyridine rings is 3. The van der Waals surface area contributed by atoms with E-state index in [1.165, 1.54) is 6.07 Å². The van der Waals surface area contributed by atoms with Crippen molar-refractivity contribution in [2.45, 2.75) is 90.4 Å². The molecule has 63 heavy (non-hydrogen) atoms. The van der Waals surface area contributed by atoms with Crippen LogP contribution in [0.15, 0.2) is 54.9 Å². The van der Waals surface area contributed by atoms with E-state index >= 15 is 4.39 Å². The van der Waals surface area contributed by atoms with Crippen LogP contribution in [0.3, 0.4) is 0 Å². The lowest BCUT2D eigenvalue weighted by molar-refractivity contribution is -0.137. The molecule has 0 bridgehead atoms. The Morgan fingerprint density at radius 1 is 0.810 bits per heavy atom. The van der Waals surface area contributed by atoms with E-state index in [4.69, 9.17) is 10.1 Å². The molecule has 15 nitrogen and oxygen atoms in total. The Labute approximate surface area is 365 Å². The van der Waals surface area contributed by atoms with Crippen LogP contribution < -0.4 is 15.5 Å². The van der Waals surface area contributed by atoms with Crippen LogP contribution in [0.1, 0.15) is 84.5 Å². The van der Waals surface area contributed by atoms with Crippen LogP contribution in [-0.4, -0.2) is 114 Å². The molecule has 10 rings (SSSR count). The first kappa shape index (κ1) is 40.8. The van der Waals surface area contributed by atoms with Gasteiger partial charge in [0.1, 0.15) is 30.0 Å². The number of aryl methyl sites for hydroxylation is 2. The molecule has 16 heteroatoms. The molecule has 1 aromatic carbocycles. The number of carbonyl (C=O) groups excluding carboxylic acids is 4. The summed E-state index contributed by atoms with van der Waals surface area (Å²) in [6.07, 6.45) is 8.62. The number of anilines is 3. The number of rotatable bonds is 8. The average Bonchev–Trinajstić information content (AvgIpc) is 3.70. The molecule has 4 amide bonds. The van der Waals surface area contributed by atoms with Gasteiger partial charge < -0.3 is 24.9 Å². The van der Waals surface area contributed by atoms with Gasteiger partial charge in [0.15, 0.2) is 5.82 Å². The fourth-order valence-corrected chi connectivity index (χ4v) is 10.4. The number of halogens is 1. The SMILES string of the molecule is Cc1cc(C)c(-c2cc3cc(Nc4cc5n(n4)CC(=O)N(C4CCN(CC6CCN(c7ccc8c(n7)C(C)N(C7CCC(=O)NC7=O)C8=O)CC6)CC4)CC5)ncc3cc2F)cn1. The number of nitrogens with zero attached hydrogens (tertiary/aromatic N) is 9. The summed E-state index contributed by atoms with van der Waals surface area (Å²) in [6.45, 7) is 11.4. The fourth-order valence-electron chi connectivity index (χ4n) is 10.4. The monoisotopic (exact) mass is 853 g/mol. The van der Waals surface area contributed by atoms with Crippen LogP contribution in [0.4, 0.5) is 21.8 Å². The van der Waals surface area contributed by atoms with Crippen LogP contribution in [0.2, 0.25) is 0 Å². The van der Waals surface area contributed by atoms with Gasteiger partial charge in [-0.3, -0.25) is 34.2 Å². The van der Waals surface area contributed by atoms with Crippen LogP contribution in [-0.2, 0) is 27.3 Å². The number of piperidine rings is 3. The third-order valence-corrected chi connectivity index (χ3v) is 13.9. The standard InChI is InChI=1S/C47H52FN11O4/c1-27-18-28(2)49-24-37(27)36-19-31-21-40(50-23-32(31)20-38(36)48)51-41-22-34-12-17-57(44(61)26-58(34)54-41)33-10-13-55(14-11-33)25-30-8-15-56(16-9-30)42-6-4-35-45(52-42)29(3)59(47(35)63)39-5-7-43(60)53-46(39)62/h4,6,18-24,29-30,33,39H,5,7-17,25-26H2,1-3H3,(H,50,51,54)(H,53,60,62). The Hall–Kier alpha value is -6.29. The molecule has 2 unspecified atom stereocenters. The Bertz CT molecular complexity index is 2650. The number of aromatic nitrogens is 5. The van der Waals surface area contributed by atoms with Crippen molar-refractivity contribution in [3.63, 3.8) is 0 Å². The van der Waals surface area contributed by atoms with Gasteiger partial charge in [0.25, 0.3) is 5.91 Å². The van der Waals surface area contributed by atoms with E-state index in [1.54, 1.807) is 17.3 Å². The maximum atomic E-state index is 15.2. The summed E-state index contributed by atoms with van der Waals surface area (Å²) < 4.78 is 17.0. The minimum Gasteiger partial charge on any atom is -0.357 e. The molecule has 9 heterocycles. The van der Waals surface area contributed by atoms with Crippen molar-refractivity contribution >= 4 is 51.9 Å². The van der Waals surface area contributed by atoms with Gasteiger partial charge in [0.2, 0.25) is 17.7 Å². The summed E-state index contributed by atoms with van der Waals surface area (Å²) in [7, 11) is 0. The molecule has 3 fully saturated rings. The Morgan fingerprint density at radius 2 is 1.62 bits per heavy atom. The summed E-state index contributed by atoms with van der Waals surface area (Å²) in [5, 5.41) is 12.0. The first-order valence-electron chi connectivity index (χ1n) is 22.3. The number of amides is 4. The number of hydrogen-bond donors (Lipinski definition) is 2. The third kappa shape index (κ3) is 7.89. The predicted octanol–water partition coefficient (Wildman–Crippen LogP) is 5.48. The average molecular weight is 854 g/mol. The molecule has 5 aliphatic heterocycles. The normalized spacial score (nSPS) is 21.5. The van der Waals surface area contributed by atoms with Gasteiger partial charge >= 0.3 is 0 Å². The van der Waals surface area contributed by atoms with E-state index in [0.29, 0.717) is 59.1 Å². The van der Waals surface area contributed by atoms with Crippen LogP contribution in [0, 0.1) is 25.6 Å². The van der Waals surface area contributed by atoms with Crippen molar-refractivity contribution < 1.29 is 23.6 Å². The second kappa shape index (κ2) is 16.4. The lowest BCUT2D eigenvalue weighted by Crippen LogP contribution is -2.53. The van der Waals surface area contributed by atoms with Gasteiger partial charge in [-0.05, 0) is 106 Å². The van der Waals surface area contributed by atoms with Crippen molar-refractivity contribution in [1.29, 1.82) is 0 Å². The molecule has 5 aliphatic rings. The smallest absolute Gasteiger partial charge is 0.257 e. The largest absolute Gasteiger partial charge is 0.357 e. The van der Waals surface area contributed by atoms with E-state index in [9.17, 15) is 19.2 Å². The Balaban J connectivity index is 0.702. The molecular formula is C47H52FN11O4. The first-order chi connectivity index (χ1) is 30.4. The minimum atomic E-state index is -0.670. The molecule has 0 aliphatic carbocycles. The van der Waals surface area contributed by atoms with E-state index in [2.05, 4.69) is 35.3 Å². The maximum absolute atomic E-state index is 15.2. The van der Waals surface area contributed by atoms with Gasteiger partial charge in [-0.1, -0.05) is 0 Å². The molecule has 0 radical (unpaired) electrons. The predicted molar refractivity (Wildman–Crippen MR) is 235 cm³/mol. The number of benzene rings is 1. The van der Waals surface area contributed by atoms with E-state index in [1.807, 2.05) is 61.9 Å². The summed E-state index contributed by atoms with van der Waals surface area (Å²) in [4.78, 5) is 73.8. The Kier molecular flexibility index (Phi) is 10.6. The minimum absolute atomic E-state index is 0.0936. The zero-order valence-electron chi connectivity index (χ0n) is 35.9. The van der Waals surface area contributed by atoms with E-state index < -0.39 is 11.9 Å². The maximum Gasteiger partial charge on any atom is 0.257 e. The van der Waals surface area contributed by atoms with E-state index in [-0.39, 0.29) is 48.6 Å². The quantitative estimate of drug-likeness (QED) is 0.191. The van der Waals surface area contributed by atoms with Gasteiger partial charge in [0.05, 0.1) is 17.3 Å². The summed E-state index contributed by atoms with van der Waals surface area (Å²) in [5.41, 5.74) is 5.32. The molecule has 0 saturated carbocycles. The van der Waals surface area contributed by atoms with Gasteiger partial charge in [-0.25, -0.2) is 14.4 Å². The number of likely N-dealkylation sites (tertiary alicyclic amines) is 1. The highest BCUT2D eigenvalue weighted by molar-refractivity contribution is 6.05. The number of carbonyl (C=O) groups is 4. The number of nitrogens with one attached hydrogen (secondary N) is 2. The van der Waals surface area contributed by atoms with Crippen LogP contribution >= 0.6 is 0 Å². The van der Waals surface area contributed by atoms with Crippen molar-refractivity contribution in [3.8, 4) is 11.1 Å². The van der Waals surface area contributed by atoms with Crippen molar-refractivity contribution in [2.24, 2.45) is 5.92 Å². The number of imide groups is 1. The summed E-state index contributed by atoms with van der Waals surface area (Å²) >= 11 is 0. The van der Waals surface area contributed by atoms with Crippen molar-refractivity contribution in [2.75, 3.05) is 49.5 Å². The second-order valence-electron chi connectivity index (χ2n) is 17.9. The van der Waals surface area contributed by atoms with Crippen molar-refractivity contribution in [3.05, 3.63) is 88.9 Å². The van der Waals surface area contributed by atoms with Crippen LogP contribution in [0.25, 0.3) is 21.9 Å². The van der Waals surface area contributed by atoms with Gasteiger partial charge in [-0.15, -0.1) is 0 Å². The van der Waals surface area contributed by atoms with Gasteiger partial charge in [-0.2, -0.15) is 5.10 Å². The molecule has 5 aromatic rings. The Morgan fingerprint density at radius 3 is 2.40 bits per heavy atom. The molecule has 2 N–H and O–H groups in total. The zero-order valence-corrected chi connectivity index (χ0v) is 35.9. The molecule has 0 spiro atoms. The highest BCUT2D eigenvalue weighted by Gasteiger charge is 2.44. The lowest BCUT2D eigenvalue weighted by Gasteiger charge is -2.40. The third-order valence-electron chi connectivity index (χ3n) is 13.9.